The molecule has 1 saturated heterocycles. The zero-order valence-corrected chi connectivity index (χ0v) is 21.1. The highest BCUT2D eigenvalue weighted by Crippen LogP contribution is 2.30. The van der Waals surface area contributed by atoms with Crippen LogP contribution in [0.2, 0.25) is 0 Å². The Labute approximate surface area is 214 Å². The summed E-state index contributed by atoms with van der Waals surface area (Å²) in [6.07, 6.45) is 4.61. The van der Waals surface area contributed by atoms with E-state index in [0.717, 1.165) is 30.6 Å². The van der Waals surface area contributed by atoms with Crippen LogP contribution in [0.1, 0.15) is 74.7 Å². The standard InChI is InChI=1S/C31H35N3O2/c1-23-11-13-24(14-12-23)21-34-22-27-16-15-26(20-28(27)31(34)36)30(35)32-17-7-19-33-18-6-5-10-29(33)25-8-3-2-4-9-25/h2-4,8-9,11-16,20,29H,5-7,10,17-19,21-22H2,1H3,(H,32,35). The minimum absolute atomic E-state index is 0.00252. The van der Waals surface area contributed by atoms with Crippen LogP contribution in [0.3, 0.4) is 0 Å². The van der Waals surface area contributed by atoms with E-state index < -0.39 is 0 Å². The summed E-state index contributed by atoms with van der Waals surface area (Å²) in [4.78, 5) is 30.3. The maximum absolute atomic E-state index is 13.0. The molecule has 5 heteroatoms. The summed E-state index contributed by atoms with van der Waals surface area (Å²) < 4.78 is 0. The summed E-state index contributed by atoms with van der Waals surface area (Å²) in [6.45, 7) is 5.93. The first kappa shape index (κ1) is 24.3. The summed E-state index contributed by atoms with van der Waals surface area (Å²) in [6, 6.07) is 25.0. The highest BCUT2D eigenvalue weighted by molar-refractivity contribution is 6.02. The number of carbonyl (C=O) groups is 2. The Balaban J connectivity index is 1.13. The highest BCUT2D eigenvalue weighted by atomic mass is 16.2. The minimum Gasteiger partial charge on any atom is -0.352 e. The molecule has 186 valence electrons. The van der Waals surface area contributed by atoms with Gasteiger partial charge in [0.25, 0.3) is 11.8 Å². The van der Waals surface area contributed by atoms with E-state index in [1.165, 1.54) is 30.4 Å². The number of piperidine rings is 1. The lowest BCUT2D eigenvalue weighted by molar-refractivity contribution is 0.0766. The van der Waals surface area contributed by atoms with Crippen LogP contribution in [0, 0.1) is 6.92 Å². The topological polar surface area (TPSA) is 52.7 Å². The van der Waals surface area contributed by atoms with Gasteiger partial charge in [0.2, 0.25) is 0 Å². The van der Waals surface area contributed by atoms with Crippen molar-refractivity contribution in [1.82, 2.24) is 15.1 Å². The summed E-state index contributed by atoms with van der Waals surface area (Å²) in [5.74, 6) is -0.113. The SMILES string of the molecule is Cc1ccc(CN2Cc3ccc(C(=O)NCCCN4CCCCC4c4ccccc4)cc3C2=O)cc1. The molecule has 0 radical (unpaired) electrons. The number of rotatable bonds is 8. The van der Waals surface area contributed by atoms with E-state index in [-0.39, 0.29) is 11.8 Å². The third-order valence-electron chi connectivity index (χ3n) is 7.45. The predicted molar refractivity (Wildman–Crippen MR) is 143 cm³/mol. The maximum atomic E-state index is 13.0. The molecule has 0 aliphatic carbocycles. The van der Waals surface area contributed by atoms with Gasteiger partial charge in [-0.05, 0) is 61.6 Å². The van der Waals surface area contributed by atoms with Gasteiger partial charge in [-0.25, -0.2) is 0 Å². The zero-order chi connectivity index (χ0) is 24.9. The van der Waals surface area contributed by atoms with Crippen LogP contribution >= 0.6 is 0 Å². The van der Waals surface area contributed by atoms with Crippen LogP contribution in [0.15, 0.2) is 72.8 Å². The quantitative estimate of drug-likeness (QED) is 0.433. The van der Waals surface area contributed by atoms with Crippen molar-refractivity contribution >= 4 is 11.8 Å². The molecular weight excluding hydrogens is 446 g/mol. The number of hydrogen-bond acceptors (Lipinski definition) is 3. The summed E-state index contributed by atoms with van der Waals surface area (Å²) in [5.41, 5.74) is 5.90. The molecule has 3 aromatic rings. The number of nitrogens with zero attached hydrogens (tertiary/aromatic N) is 2. The van der Waals surface area contributed by atoms with Gasteiger partial charge in [0.1, 0.15) is 0 Å². The summed E-state index contributed by atoms with van der Waals surface area (Å²) in [7, 11) is 0. The van der Waals surface area contributed by atoms with E-state index in [4.69, 9.17) is 0 Å². The lowest BCUT2D eigenvalue weighted by atomic mass is 9.95. The van der Waals surface area contributed by atoms with E-state index in [0.29, 0.717) is 36.8 Å². The molecule has 0 saturated carbocycles. The van der Waals surface area contributed by atoms with Crippen molar-refractivity contribution < 1.29 is 9.59 Å². The number of benzene rings is 3. The molecule has 36 heavy (non-hydrogen) atoms. The Morgan fingerprint density at radius 1 is 1.00 bits per heavy atom. The first-order valence-electron chi connectivity index (χ1n) is 13.1. The number of likely N-dealkylation sites (tertiary alicyclic amines) is 1. The van der Waals surface area contributed by atoms with E-state index >= 15 is 0 Å². The van der Waals surface area contributed by atoms with Crippen molar-refractivity contribution in [3.05, 3.63) is 106 Å². The smallest absolute Gasteiger partial charge is 0.254 e. The second-order valence-corrected chi connectivity index (χ2v) is 10.1. The Morgan fingerprint density at radius 2 is 1.81 bits per heavy atom. The number of carbonyl (C=O) groups excluding carboxylic acids is 2. The Morgan fingerprint density at radius 3 is 2.61 bits per heavy atom. The van der Waals surface area contributed by atoms with Crippen molar-refractivity contribution in [1.29, 1.82) is 0 Å². The predicted octanol–water partition coefficient (Wildman–Crippen LogP) is 5.50. The Bertz CT molecular complexity index is 1210. The van der Waals surface area contributed by atoms with Crippen LogP contribution in [0.25, 0.3) is 0 Å². The molecule has 5 rings (SSSR count). The monoisotopic (exact) mass is 481 g/mol. The molecule has 2 amide bonds. The third kappa shape index (κ3) is 5.52. The van der Waals surface area contributed by atoms with Crippen LogP contribution in [0.5, 0.6) is 0 Å². The van der Waals surface area contributed by atoms with Crippen LogP contribution in [-0.4, -0.2) is 41.2 Å². The zero-order valence-electron chi connectivity index (χ0n) is 21.1. The first-order chi connectivity index (χ1) is 17.6. The molecule has 1 fully saturated rings. The van der Waals surface area contributed by atoms with Crippen LogP contribution in [0.4, 0.5) is 0 Å². The molecule has 3 aromatic carbocycles. The third-order valence-corrected chi connectivity index (χ3v) is 7.45. The van der Waals surface area contributed by atoms with E-state index in [1.54, 1.807) is 6.07 Å². The minimum atomic E-state index is -0.110. The normalized spacial score (nSPS) is 17.8. The van der Waals surface area contributed by atoms with Gasteiger partial charge < -0.3 is 10.2 Å². The van der Waals surface area contributed by atoms with Crippen molar-refractivity contribution in [3.8, 4) is 0 Å². The molecule has 2 aliphatic rings. The molecule has 2 aliphatic heterocycles. The molecule has 2 heterocycles. The van der Waals surface area contributed by atoms with Crippen molar-refractivity contribution in [2.24, 2.45) is 0 Å². The molecule has 1 unspecified atom stereocenters. The largest absolute Gasteiger partial charge is 0.352 e. The van der Waals surface area contributed by atoms with Crippen molar-refractivity contribution in [2.75, 3.05) is 19.6 Å². The van der Waals surface area contributed by atoms with Gasteiger partial charge in [0.15, 0.2) is 0 Å². The molecule has 0 bridgehead atoms. The average Bonchev–Trinajstić information content (AvgIpc) is 3.22. The number of aryl methyl sites for hydroxylation is 1. The van der Waals surface area contributed by atoms with Gasteiger partial charge in [0.05, 0.1) is 0 Å². The number of fused-ring (bicyclic) bond motifs is 1. The molecule has 0 spiro atoms. The summed E-state index contributed by atoms with van der Waals surface area (Å²) >= 11 is 0. The average molecular weight is 482 g/mol. The molecule has 5 nitrogen and oxygen atoms in total. The second-order valence-electron chi connectivity index (χ2n) is 10.1. The molecular formula is C31H35N3O2. The molecule has 1 atom stereocenters. The van der Waals surface area contributed by atoms with Gasteiger partial charge >= 0.3 is 0 Å². The second kappa shape index (κ2) is 11.1. The van der Waals surface area contributed by atoms with Gasteiger partial charge in [-0.2, -0.15) is 0 Å². The highest BCUT2D eigenvalue weighted by Gasteiger charge is 2.28. The number of amides is 2. The fourth-order valence-corrected chi connectivity index (χ4v) is 5.44. The number of hydrogen-bond donors (Lipinski definition) is 1. The van der Waals surface area contributed by atoms with Gasteiger partial charge in [0, 0.05) is 43.3 Å². The number of nitrogens with one attached hydrogen (secondary N) is 1. The van der Waals surface area contributed by atoms with Crippen LogP contribution < -0.4 is 5.32 Å². The summed E-state index contributed by atoms with van der Waals surface area (Å²) in [5, 5.41) is 3.06. The molecule has 1 N–H and O–H groups in total. The Kier molecular flexibility index (Phi) is 7.47. The fraction of sp³-hybridized carbons (Fsp3) is 0.355. The fourth-order valence-electron chi connectivity index (χ4n) is 5.44. The van der Waals surface area contributed by atoms with E-state index in [1.807, 2.05) is 17.0 Å². The van der Waals surface area contributed by atoms with Gasteiger partial charge in [-0.1, -0.05) is 72.6 Å². The van der Waals surface area contributed by atoms with Gasteiger partial charge in [-0.3, -0.25) is 14.5 Å². The van der Waals surface area contributed by atoms with E-state index in [2.05, 4.69) is 71.7 Å². The van der Waals surface area contributed by atoms with Crippen LogP contribution in [-0.2, 0) is 13.1 Å². The maximum Gasteiger partial charge on any atom is 0.254 e. The first-order valence-corrected chi connectivity index (χ1v) is 13.1. The Hall–Kier alpha value is -3.44. The van der Waals surface area contributed by atoms with E-state index in [9.17, 15) is 9.59 Å². The van der Waals surface area contributed by atoms with Gasteiger partial charge in [-0.15, -0.1) is 0 Å². The van der Waals surface area contributed by atoms with Crippen molar-refractivity contribution in [3.63, 3.8) is 0 Å². The lowest BCUT2D eigenvalue weighted by Gasteiger charge is -2.36. The lowest BCUT2D eigenvalue weighted by Crippen LogP contribution is -2.36. The van der Waals surface area contributed by atoms with Crippen molar-refractivity contribution in [2.45, 2.75) is 51.7 Å². The molecule has 0 aromatic heterocycles.